The van der Waals surface area contributed by atoms with Crippen molar-refractivity contribution in [3.05, 3.63) is 27.7 Å². The highest BCUT2D eigenvalue weighted by Gasteiger charge is 2.21. The first-order valence-electron chi connectivity index (χ1n) is 5.39. The highest BCUT2D eigenvalue weighted by molar-refractivity contribution is 9.10. The molecule has 1 heterocycles. The number of ether oxygens (including phenoxy) is 2. The molecule has 1 N–H and O–H groups in total. The number of rotatable bonds is 2. The zero-order valence-electron chi connectivity index (χ0n) is 9.55. The fourth-order valence-electron chi connectivity index (χ4n) is 1.90. The molecular formula is C12H16BrNO2. The molecule has 0 aromatic heterocycles. The molecule has 3 nitrogen and oxygen atoms in total. The quantitative estimate of drug-likeness (QED) is 0.905. The second-order valence-electron chi connectivity index (χ2n) is 3.88. The Morgan fingerprint density at radius 1 is 1.50 bits per heavy atom. The van der Waals surface area contributed by atoms with Gasteiger partial charge in [-0.3, -0.25) is 0 Å². The molecule has 0 amide bonds. The van der Waals surface area contributed by atoms with Crippen molar-refractivity contribution in [2.75, 3.05) is 26.8 Å². The van der Waals surface area contributed by atoms with Gasteiger partial charge < -0.3 is 14.8 Å². The van der Waals surface area contributed by atoms with E-state index in [1.54, 1.807) is 7.11 Å². The first kappa shape index (κ1) is 11.9. The van der Waals surface area contributed by atoms with Crippen LogP contribution >= 0.6 is 15.9 Å². The summed E-state index contributed by atoms with van der Waals surface area (Å²) < 4.78 is 12.2. The summed E-state index contributed by atoms with van der Waals surface area (Å²) >= 11 is 3.56. The van der Waals surface area contributed by atoms with Crippen LogP contribution in [0.1, 0.15) is 17.2 Å². The van der Waals surface area contributed by atoms with Gasteiger partial charge in [-0.15, -0.1) is 0 Å². The minimum absolute atomic E-state index is 0.0839. The Morgan fingerprint density at radius 2 is 2.31 bits per heavy atom. The Kier molecular flexibility index (Phi) is 3.84. The number of halogens is 1. The van der Waals surface area contributed by atoms with Gasteiger partial charge >= 0.3 is 0 Å². The molecule has 1 saturated heterocycles. The van der Waals surface area contributed by atoms with Crippen molar-refractivity contribution in [1.29, 1.82) is 0 Å². The minimum Gasteiger partial charge on any atom is -0.495 e. The highest BCUT2D eigenvalue weighted by Crippen LogP contribution is 2.36. The van der Waals surface area contributed by atoms with E-state index in [1.165, 1.54) is 5.56 Å². The smallest absolute Gasteiger partial charge is 0.139 e. The van der Waals surface area contributed by atoms with Gasteiger partial charge in [-0.2, -0.15) is 0 Å². The van der Waals surface area contributed by atoms with Crippen molar-refractivity contribution in [2.45, 2.75) is 13.0 Å². The van der Waals surface area contributed by atoms with Crippen LogP contribution in [-0.2, 0) is 4.74 Å². The topological polar surface area (TPSA) is 30.5 Å². The van der Waals surface area contributed by atoms with Crippen LogP contribution in [0.15, 0.2) is 16.6 Å². The minimum atomic E-state index is 0.0839. The average molecular weight is 286 g/mol. The van der Waals surface area contributed by atoms with E-state index < -0.39 is 0 Å². The van der Waals surface area contributed by atoms with Crippen molar-refractivity contribution in [2.24, 2.45) is 0 Å². The Balaban J connectivity index is 2.35. The van der Waals surface area contributed by atoms with E-state index in [9.17, 15) is 0 Å². The van der Waals surface area contributed by atoms with Gasteiger partial charge in [-0.1, -0.05) is 12.1 Å². The molecule has 0 aliphatic carbocycles. The van der Waals surface area contributed by atoms with E-state index in [1.807, 2.05) is 0 Å². The molecule has 2 rings (SSSR count). The van der Waals surface area contributed by atoms with Gasteiger partial charge in [0.05, 0.1) is 24.3 Å². The van der Waals surface area contributed by atoms with Crippen LogP contribution in [0.3, 0.4) is 0 Å². The first-order valence-corrected chi connectivity index (χ1v) is 6.18. The summed E-state index contributed by atoms with van der Waals surface area (Å²) in [7, 11) is 1.69. The molecule has 0 spiro atoms. The summed E-state index contributed by atoms with van der Waals surface area (Å²) in [5.41, 5.74) is 2.27. The van der Waals surface area contributed by atoms with Crippen molar-refractivity contribution >= 4 is 15.9 Å². The maximum atomic E-state index is 5.74. The third-order valence-corrected chi connectivity index (χ3v) is 3.78. The van der Waals surface area contributed by atoms with Crippen LogP contribution in [0.25, 0.3) is 0 Å². The fourth-order valence-corrected chi connectivity index (χ4v) is 2.42. The molecule has 88 valence electrons. The van der Waals surface area contributed by atoms with Crippen LogP contribution in [0.5, 0.6) is 5.75 Å². The highest BCUT2D eigenvalue weighted by atomic mass is 79.9. The molecule has 1 aromatic rings. The molecule has 1 unspecified atom stereocenters. The van der Waals surface area contributed by atoms with Crippen LogP contribution < -0.4 is 10.1 Å². The maximum Gasteiger partial charge on any atom is 0.139 e. The molecule has 1 fully saturated rings. The standard InChI is InChI=1S/C12H16BrNO2/c1-8-3-4-9(12(15-2)11(8)13)10-7-14-5-6-16-10/h3-4,10,14H,5-7H2,1-2H3. The number of methoxy groups -OCH3 is 1. The summed E-state index contributed by atoms with van der Waals surface area (Å²) in [6, 6.07) is 4.16. The van der Waals surface area contributed by atoms with Crippen LogP contribution in [0, 0.1) is 6.92 Å². The second-order valence-corrected chi connectivity index (χ2v) is 4.68. The number of hydrogen-bond donors (Lipinski definition) is 1. The predicted molar refractivity (Wildman–Crippen MR) is 67.0 cm³/mol. The number of aryl methyl sites for hydroxylation is 1. The molecule has 0 saturated carbocycles. The Hall–Kier alpha value is -0.580. The Morgan fingerprint density at radius 3 is 2.94 bits per heavy atom. The molecule has 1 aliphatic heterocycles. The first-order chi connectivity index (χ1) is 7.74. The van der Waals surface area contributed by atoms with Gasteiger partial charge in [-0.05, 0) is 28.4 Å². The van der Waals surface area contributed by atoms with Crippen molar-refractivity contribution in [1.82, 2.24) is 5.32 Å². The SMILES string of the molecule is COc1c(C2CNCCO2)ccc(C)c1Br. The number of nitrogens with one attached hydrogen (secondary N) is 1. The summed E-state index contributed by atoms with van der Waals surface area (Å²) in [4.78, 5) is 0. The molecule has 1 aromatic carbocycles. The molecule has 4 heteroatoms. The number of benzene rings is 1. The van der Waals surface area contributed by atoms with Gasteiger partial charge in [0, 0.05) is 18.7 Å². The van der Waals surface area contributed by atoms with Crippen LogP contribution in [0.2, 0.25) is 0 Å². The summed E-state index contributed by atoms with van der Waals surface area (Å²) in [6.45, 7) is 4.56. The zero-order valence-corrected chi connectivity index (χ0v) is 11.1. The van der Waals surface area contributed by atoms with E-state index >= 15 is 0 Å². The monoisotopic (exact) mass is 285 g/mol. The van der Waals surface area contributed by atoms with Gasteiger partial charge in [0.15, 0.2) is 0 Å². The van der Waals surface area contributed by atoms with E-state index in [-0.39, 0.29) is 6.10 Å². The second kappa shape index (κ2) is 5.17. The van der Waals surface area contributed by atoms with E-state index in [0.717, 1.165) is 35.5 Å². The van der Waals surface area contributed by atoms with Crippen molar-refractivity contribution < 1.29 is 9.47 Å². The van der Waals surface area contributed by atoms with E-state index in [4.69, 9.17) is 9.47 Å². The van der Waals surface area contributed by atoms with Crippen LogP contribution in [0.4, 0.5) is 0 Å². The summed E-state index contributed by atoms with van der Waals surface area (Å²) in [5, 5.41) is 3.32. The molecule has 0 bridgehead atoms. The lowest BCUT2D eigenvalue weighted by atomic mass is 10.0. The van der Waals surface area contributed by atoms with E-state index in [2.05, 4.69) is 40.3 Å². The molecular weight excluding hydrogens is 270 g/mol. The maximum absolute atomic E-state index is 5.74. The van der Waals surface area contributed by atoms with Gasteiger partial charge in [-0.25, -0.2) is 0 Å². The largest absolute Gasteiger partial charge is 0.495 e. The fraction of sp³-hybridized carbons (Fsp3) is 0.500. The number of morpholine rings is 1. The third-order valence-electron chi connectivity index (χ3n) is 2.80. The molecule has 16 heavy (non-hydrogen) atoms. The third kappa shape index (κ3) is 2.24. The molecule has 0 radical (unpaired) electrons. The van der Waals surface area contributed by atoms with Gasteiger partial charge in [0.2, 0.25) is 0 Å². The van der Waals surface area contributed by atoms with E-state index in [0.29, 0.717) is 0 Å². The lowest BCUT2D eigenvalue weighted by molar-refractivity contribution is 0.0262. The lowest BCUT2D eigenvalue weighted by Gasteiger charge is -2.26. The average Bonchev–Trinajstić information content (AvgIpc) is 2.33. The van der Waals surface area contributed by atoms with Crippen LogP contribution in [-0.4, -0.2) is 26.8 Å². The molecule has 1 aliphatic rings. The predicted octanol–water partition coefficient (Wildman–Crippen LogP) is 2.43. The lowest BCUT2D eigenvalue weighted by Crippen LogP contribution is -2.33. The van der Waals surface area contributed by atoms with Gasteiger partial charge in [0.1, 0.15) is 5.75 Å². The normalized spacial score (nSPS) is 20.8. The molecule has 1 atom stereocenters. The van der Waals surface area contributed by atoms with Crippen molar-refractivity contribution in [3.8, 4) is 5.75 Å². The van der Waals surface area contributed by atoms with Gasteiger partial charge in [0.25, 0.3) is 0 Å². The zero-order chi connectivity index (χ0) is 11.5. The Bertz CT molecular complexity index is 376. The number of hydrogen-bond acceptors (Lipinski definition) is 3. The van der Waals surface area contributed by atoms with Crippen molar-refractivity contribution in [3.63, 3.8) is 0 Å². The summed E-state index contributed by atoms with van der Waals surface area (Å²) in [5.74, 6) is 0.883. The Labute approximate surface area is 104 Å². The summed E-state index contributed by atoms with van der Waals surface area (Å²) in [6.07, 6.45) is 0.0839.